The summed E-state index contributed by atoms with van der Waals surface area (Å²) in [6.45, 7) is 4.26. The normalized spacial score (nSPS) is 14.7. The zero-order chi connectivity index (χ0) is 22.8. The van der Waals surface area contributed by atoms with Gasteiger partial charge in [0.25, 0.3) is 5.91 Å². The van der Waals surface area contributed by atoms with E-state index in [2.05, 4.69) is 43.4 Å². The molecule has 0 fully saturated rings. The molecule has 0 radical (unpaired) electrons. The van der Waals surface area contributed by atoms with Gasteiger partial charge in [-0.05, 0) is 36.6 Å². The third-order valence-electron chi connectivity index (χ3n) is 5.97. The van der Waals surface area contributed by atoms with Gasteiger partial charge in [0.05, 0.1) is 6.10 Å². The molecule has 4 aromatic rings. The maximum atomic E-state index is 12.6. The Labute approximate surface area is 192 Å². The minimum absolute atomic E-state index is 0.177. The van der Waals surface area contributed by atoms with Crippen LogP contribution in [0.1, 0.15) is 27.4 Å². The van der Waals surface area contributed by atoms with Gasteiger partial charge in [0.1, 0.15) is 17.2 Å². The molecule has 8 heteroatoms. The van der Waals surface area contributed by atoms with Crippen molar-refractivity contribution in [3.05, 3.63) is 83.8 Å². The highest BCUT2D eigenvalue weighted by Crippen LogP contribution is 2.20. The van der Waals surface area contributed by atoms with Gasteiger partial charge >= 0.3 is 0 Å². The Morgan fingerprint density at radius 2 is 1.88 bits per heavy atom. The van der Waals surface area contributed by atoms with E-state index in [0.29, 0.717) is 23.7 Å². The number of β-amino-alcohol motifs (C(OH)–C–C–N with tert-alkyl or cyclic N) is 1. The lowest BCUT2D eigenvalue weighted by Gasteiger charge is -2.30. The number of nitrogens with one attached hydrogen (secondary N) is 1. The molecule has 1 unspecified atom stereocenters. The molecule has 5 rings (SSSR count). The third-order valence-corrected chi connectivity index (χ3v) is 5.97. The van der Waals surface area contributed by atoms with Crippen LogP contribution < -0.4 is 5.32 Å². The SMILES string of the molecule is Cc1ncc(-c2ccc3nc(C(=O)NCC(O)CN4CCc5ccccc5C4)cn3c2)cn1. The highest BCUT2D eigenvalue weighted by Gasteiger charge is 2.19. The van der Waals surface area contributed by atoms with Crippen LogP contribution in [0.4, 0.5) is 0 Å². The van der Waals surface area contributed by atoms with Crippen LogP contribution in [0, 0.1) is 6.92 Å². The van der Waals surface area contributed by atoms with E-state index in [9.17, 15) is 9.90 Å². The van der Waals surface area contributed by atoms with Gasteiger partial charge < -0.3 is 14.8 Å². The first-order valence-electron chi connectivity index (χ1n) is 11.1. The Morgan fingerprint density at radius 3 is 2.70 bits per heavy atom. The number of aryl methyl sites for hydroxylation is 1. The molecule has 0 bridgehead atoms. The van der Waals surface area contributed by atoms with Gasteiger partial charge in [0.2, 0.25) is 0 Å². The van der Waals surface area contributed by atoms with E-state index >= 15 is 0 Å². The monoisotopic (exact) mass is 442 g/mol. The van der Waals surface area contributed by atoms with Crippen LogP contribution in [0.5, 0.6) is 0 Å². The minimum Gasteiger partial charge on any atom is -0.390 e. The third kappa shape index (κ3) is 4.76. The zero-order valence-corrected chi connectivity index (χ0v) is 18.5. The summed E-state index contributed by atoms with van der Waals surface area (Å²) < 4.78 is 1.81. The number of aliphatic hydroxyl groups is 1. The Bertz CT molecular complexity index is 1280. The second kappa shape index (κ2) is 9.09. The number of carbonyl (C=O) groups is 1. The predicted octanol–water partition coefficient (Wildman–Crippen LogP) is 2.25. The maximum Gasteiger partial charge on any atom is 0.271 e. The van der Waals surface area contributed by atoms with Crippen LogP contribution in [0.15, 0.2) is 61.2 Å². The van der Waals surface area contributed by atoms with Crippen molar-refractivity contribution >= 4 is 11.6 Å². The van der Waals surface area contributed by atoms with Crippen LogP contribution >= 0.6 is 0 Å². The lowest BCUT2D eigenvalue weighted by molar-refractivity contribution is 0.0838. The molecule has 1 amide bonds. The molecule has 1 aliphatic rings. The first-order chi connectivity index (χ1) is 16.0. The number of amides is 1. The Morgan fingerprint density at radius 1 is 1.09 bits per heavy atom. The van der Waals surface area contributed by atoms with Crippen molar-refractivity contribution in [2.75, 3.05) is 19.6 Å². The van der Waals surface area contributed by atoms with Crippen molar-refractivity contribution in [3.63, 3.8) is 0 Å². The standard InChI is InChI=1S/C25H26N6O2/c1-17-26-10-21(11-27-17)20-6-7-24-29-23(16-31(24)14-20)25(33)28-12-22(32)15-30-9-8-18-4-2-3-5-19(18)13-30/h2-7,10-11,14,16,22,32H,8-9,12-13,15H2,1H3,(H,28,33). The fraction of sp³-hybridized carbons (Fsp3) is 0.280. The number of hydrogen-bond donors (Lipinski definition) is 2. The molecule has 168 valence electrons. The second-order valence-electron chi connectivity index (χ2n) is 8.45. The van der Waals surface area contributed by atoms with E-state index in [1.807, 2.05) is 35.7 Å². The number of aliphatic hydroxyl groups excluding tert-OH is 1. The summed E-state index contributed by atoms with van der Waals surface area (Å²) >= 11 is 0. The van der Waals surface area contributed by atoms with Crippen molar-refractivity contribution in [2.24, 2.45) is 0 Å². The van der Waals surface area contributed by atoms with E-state index in [1.165, 1.54) is 11.1 Å². The van der Waals surface area contributed by atoms with E-state index < -0.39 is 6.10 Å². The maximum absolute atomic E-state index is 12.6. The van der Waals surface area contributed by atoms with E-state index in [4.69, 9.17) is 0 Å². The van der Waals surface area contributed by atoms with Gasteiger partial charge in [-0.25, -0.2) is 15.0 Å². The van der Waals surface area contributed by atoms with Crippen molar-refractivity contribution in [2.45, 2.75) is 26.0 Å². The summed E-state index contributed by atoms with van der Waals surface area (Å²) in [6.07, 6.45) is 7.47. The first-order valence-corrected chi connectivity index (χ1v) is 11.1. The molecule has 8 nitrogen and oxygen atoms in total. The first kappa shape index (κ1) is 21.2. The van der Waals surface area contributed by atoms with E-state index in [-0.39, 0.29) is 12.5 Å². The van der Waals surface area contributed by atoms with Crippen LogP contribution in [0.2, 0.25) is 0 Å². The average Bonchev–Trinajstić information content (AvgIpc) is 3.26. The summed E-state index contributed by atoms with van der Waals surface area (Å²) in [7, 11) is 0. The molecule has 0 saturated heterocycles. The fourth-order valence-electron chi connectivity index (χ4n) is 4.19. The molecule has 2 N–H and O–H groups in total. The number of fused-ring (bicyclic) bond motifs is 2. The number of hydrogen-bond acceptors (Lipinski definition) is 6. The molecule has 1 aliphatic heterocycles. The lowest BCUT2D eigenvalue weighted by atomic mass is 10.00. The Hall–Kier alpha value is -3.62. The lowest BCUT2D eigenvalue weighted by Crippen LogP contribution is -2.42. The summed E-state index contributed by atoms with van der Waals surface area (Å²) in [5.41, 5.74) is 5.50. The van der Waals surface area contributed by atoms with Gasteiger partial charge in [-0.1, -0.05) is 24.3 Å². The van der Waals surface area contributed by atoms with Crippen molar-refractivity contribution < 1.29 is 9.90 Å². The summed E-state index contributed by atoms with van der Waals surface area (Å²) in [4.78, 5) is 27.7. The van der Waals surface area contributed by atoms with E-state index in [1.54, 1.807) is 18.6 Å². The largest absolute Gasteiger partial charge is 0.390 e. The van der Waals surface area contributed by atoms with Crippen LogP contribution in [-0.2, 0) is 13.0 Å². The smallest absolute Gasteiger partial charge is 0.271 e. The number of pyridine rings is 1. The van der Waals surface area contributed by atoms with Gasteiger partial charge in [-0.2, -0.15) is 0 Å². The second-order valence-corrected chi connectivity index (χ2v) is 8.45. The summed E-state index contributed by atoms with van der Waals surface area (Å²) in [5, 5.41) is 13.3. The topological polar surface area (TPSA) is 95.6 Å². The van der Waals surface area contributed by atoms with Gasteiger partial charge in [-0.15, -0.1) is 0 Å². The summed E-state index contributed by atoms with van der Waals surface area (Å²) in [6, 6.07) is 12.2. The molecule has 0 spiro atoms. The van der Waals surface area contributed by atoms with Crippen LogP contribution in [0.25, 0.3) is 16.8 Å². The van der Waals surface area contributed by atoms with Crippen LogP contribution in [0.3, 0.4) is 0 Å². The number of benzene rings is 1. The molecule has 4 heterocycles. The molecule has 33 heavy (non-hydrogen) atoms. The Balaban J connectivity index is 1.19. The van der Waals surface area contributed by atoms with Crippen LogP contribution in [-0.4, -0.2) is 61.0 Å². The van der Waals surface area contributed by atoms with Crippen molar-refractivity contribution in [1.29, 1.82) is 0 Å². The zero-order valence-electron chi connectivity index (χ0n) is 18.5. The molecular formula is C25H26N6O2. The average molecular weight is 443 g/mol. The highest BCUT2D eigenvalue weighted by molar-refractivity contribution is 5.92. The fourth-order valence-corrected chi connectivity index (χ4v) is 4.19. The minimum atomic E-state index is -0.649. The number of carbonyl (C=O) groups excluding carboxylic acids is 1. The molecule has 1 atom stereocenters. The molecule has 3 aromatic heterocycles. The quantitative estimate of drug-likeness (QED) is 0.476. The molecule has 1 aromatic carbocycles. The molecular weight excluding hydrogens is 416 g/mol. The number of nitrogens with zero attached hydrogens (tertiary/aromatic N) is 5. The highest BCUT2D eigenvalue weighted by atomic mass is 16.3. The summed E-state index contributed by atoms with van der Waals surface area (Å²) in [5.74, 6) is 0.413. The van der Waals surface area contributed by atoms with Gasteiger partial charge in [0.15, 0.2) is 0 Å². The van der Waals surface area contributed by atoms with E-state index in [0.717, 1.165) is 30.6 Å². The number of imidazole rings is 1. The van der Waals surface area contributed by atoms with Crippen molar-refractivity contribution in [3.8, 4) is 11.1 Å². The number of aromatic nitrogens is 4. The number of rotatable bonds is 6. The molecule has 0 saturated carbocycles. The van der Waals surface area contributed by atoms with Gasteiger partial charge in [0, 0.05) is 62.1 Å². The van der Waals surface area contributed by atoms with Crippen molar-refractivity contribution in [1.82, 2.24) is 29.6 Å². The molecule has 0 aliphatic carbocycles. The predicted molar refractivity (Wildman–Crippen MR) is 125 cm³/mol. The Kier molecular flexibility index (Phi) is 5.85. The van der Waals surface area contributed by atoms with Gasteiger partial charge in [-0.3, -0.25) is 9.69 Å².